The highest BCUT2D eigenvalue weighted by atomic mass is 32.2. The van der Waals surface area contributed by atoms with Gasteiger partial charge in [-0.1, -0.05) is 30.0 Å². The summed E-state index contributed by atoms with van der Waals surface area (Å²) >= 11 is 1.81. The van der Waals surface area contributed by atoms with Crippen LogP contribution in [0.15, 0.2) is 47.7 Å². The molecule has 1 aliphatic heterocycles. The molecule has 0 amide bonds. The monoisotopic (exact) mass is 311 g/mol. The van der Waals surface area contributed by atoms with E-state index in [4.69, 9.17) is 0 Å². The molecule has 22 heavy (non-hydrogen) atoms. The van der Waals surface area contributed by atoms with Crippen molar-refractivity contribution in [3.05, 3.63) is 65.0 Å². The number of amidine groups is 1. The first kappa shape index (κ1) is 15.1. The van der Waals surface area contributed by atoms with Gasteiger partial charge in [-0.3, -0.25) is 9.98 Å². The maximum Gasteiger partial charge on any atom is 0.156 e. The molecule has 1 N–H and O–H groups in total. The van der Waals surface area contributed by atoms with Crippen LogP contribution in [0.25, 0.3) is 0 Å². The Bertz CT molecular complexity index is 667. The first-order valence-corrected chi connectivity index (χ1v) is 8.61. The minimum atomic E-state index is 0.312. The lowest BCUT2D eigenvalue weighted by molar-refractivity contribution is 0.754. The highest BCUT2D eigenvalue weighted by Crippen LogP contribution is 2.28. The van der Waals surface area contributed by atoms with Crippen LogP contribution in [0.5, 0.6) is 0 Å². The standard InChI is InChI=1S/C18H21N3S/c1-13-4-3-5-16(14(13)2)17(15-6-8-19-9-7-15)12-21-18-20-10-11-22-18/h3-9,17H,10-12H2,1-2H3,(H,20,21). The van der Waals surface area contributed by atoms with Crippen molar-refractivity contribution in [3.63, 3.8) is 0 Å². The van der Waals surface area contributed by atoms with Crippen LogP contribution in [0.4, 0.5) is 0 Å². The molecule has 4 heteroatoms. The highest BCUT2D eigenvalue weighted by Gasteiger charge is 2.18. The molecular weight excluding hydrogens is 290 g/mol. The maximum atomic E-state index is 4.49. The second kappa shape index (κ2) is 6.97. The highest BCUT2D eigenvalue weighted by molar-refractivity contribution is 8.14. The van der Waals surface area contributed by atoms with Gasteiger partial charge in [0.15, 0.2) is 5.17 Å². The normalized spacial score (nSPS) is 15.5. The largest absolute Gasteiger partial charge is 0.364 e. The average Bonchev–Trinajstić information content (AvgIpc) is 3.06. The SMILES string of the molecule is Cc1cccc(C(CNC2=NCCS2)c2ccncc2)c1C. The van der Waals surface area contributed by atoms with E-state index in [2.05, 4.69) is 59.5 Å². The van der Waals surface area contributed by atoms with Gasteiger partial charge in [0.1, 0.15) is 0 Å². The fraction of sp³-hybridized carbons (Fsp3) is 0.333. The topological polar surface area (TPSA) is 37.3 Å². The fourth-order valence-corrected chi connectivity index (χ4v) is 3.53. The predicted octanol–water partition coefficient (Wildman–Crippen LogP) is 3.52. The van der Waals surface area contributed by atoms with E-state index >= 15 is 0 Å². The van der Waals surface area contributed by atoms with Crippen molar-refractivity contribution in [2.45, 2.75) is 19.8 Å². The van der Waals surface area contributed by atoms with Crippen LogP contribution in [0.3, 0.4) is 0 Å². The average molecular weight is 311 g/mol. The third-order valence-corrected chi connectivity index (χ3v) is 5.11. The summed E-state index contributed by atoms with van der Waals surface area (Å²) in [6.07, 6.45) is 3.74. The molecule has 0 aliphatic carbocycles. The van der Waals surface area contributed by atoms with Crippen molar-refractivity contribution in [1.29, 1.82) is 0 Å². The number of aliphatic imine (C=N–C) groups is 1. The van der Waals surface area contributed by atoms with E-state index in [0.29, 0.717) is 5.92 Å². The lowest BCUT2D eigenvalue weighted by atomic mass is 9.87. The van der Waals surface area contributed by atoms with Gasteiger partial charge in [0.25, 0.3) is 0 Å². The zero-order valence-electron chi connectivity index (χ0n) is 13.0. The molecule has 0 spiro atoms. The lowest BCUT2D eigenvalue weighted by Gasteiger charge is -2.22. The van der Waals surface area contributed by atoms with Gasteiger partial charge in [-0.15, -0.1) is 0 Å². The molecule has 1 unspecified atom stereocenters. The van der Waals surface area contributed by atoms with Crippen LogP contribution in [0, 0.1) is 13.8 Å². The molecule has 3 rings (SSSR count). The van der Waals surface area contributed by atoms with Gasteiger partial charge in [0, 0.05) is 30.6 Å². The third-order valence-electron chi connectivity index (χ3n) is 4.17. The first-order valence-electron chi connectivity index (χ1n) is 7.63. The van der Waals surface area contributed by atoms with E-state index in [1.807, 2.05) is 24.2 Å². The van der Waals surface area contributed by atoms with Crippen molar-refractivity contribution in [2.75, 3.05) is 18.8 Å². The maximum absolute atomic E-state index is 4.49. The second-order valence-electron chi connectivity index (χ2n) is 5.54. The Kier molecular flexibility index (Phi) is 4.78. The van der Waals surface area contributed by atoms with E-state index in [0.717, 1.165) is 24.0 Å². The fourth-order valence-electron chi connectivity index (χ4n) is 2.79. The van der Waals surface area contributed by atoms with Gasteiger partial charge in [0.2, 0.25) is 0 Å². The number of benzene rings is 1. The molecule has 0 saturated heterocycles. The van der Waals surface area contributed by atoms with Gasteiger partial charge in [-0.25, -0.2) is 0 Å². The van der Waals surface area contributed by atoms with Gasteiger partial charge >= 0.3 is 0 Å². The minimum Gasteiger partial charge on any atom is -0.364 e. The number of hydrogen-bond acceptors (Lipinski definition) is 4. The molecule has 114 valence electrons. The van der Waals surface area contributed by atoms with Gasteiger partial charge in [-0.05, 0) is 48.2 Å². The molecule has 2 aromatic rings. The van der Waals surface area contributed by atoms with E-state index in [1.54, 1.807) is 0 Å². The summed E-state index contributed by atoms with van der Waals surface area (Å²) in [6.45, 7) is 6.17. The Morgan fingerprint density at radius 3 is 2.73 bits per heavy atom. The van der Waals surface area contributed by atoms with E-state index in [-0.39, 0.29) is 0 Å². The molecule has 0 fully saturated rings. The Morgan fingerprint density at radius 1 is 1.18 bits per heavy atom. The Balaban J connectivity index is 1.90. The van der Waals surface area contributed by atoms with Crippen LogP contribution in [0.1, 0.15) is 28.2 Å². The first-order chi connectivity index (χ1) is 10.8. The molecular formula is C18H21N3S. The number of pyridine rings is 1. The smallest absolute Gasteiger partial charge is 0.156 e. The van der Waals surface area contributed by atoms with Crippen LogP contribution < -0.4 is 5.32 Å². The summed E-state index contributed by atoms with van der Waals surface area (Å²) in [5, 5.41) is 4.59. The van der Waals surface area contributed by atoms with Crippen molar-refractivity contribution in [1.82, 2.24) is 10.3 Å². The van der Waals surface area contributed by atoms with Crippen molar-refractivity contribution in [3.8, 4) is 0 Å². The number of aryl methyl sites for hydroxylation is 1. The zero-order valence-corrected chi connectivity index (χ0v) is 13.9. The summed E-state index contributed by atoms with van der Waals surface area (Å²) in [7, 11) is 0. The lowest BCUT2D eigenvalue weighted by Crippen LogP contribution is -2.26. The minimum absolute atomic E-state index is 0.312. The molecule has 0 bridgehead atoms. The molecule has 1 aliphatic rings. The molecule has 1 aromatic carbocycles. The van der Waals surface area contributed by atoms with Crippen molar-refractivity contribution in [2.24, 2.45) is 4.99 Å². The Labute approximate surface area is 136 Å². The number of aromatic nitrogens is 1. The number of rotatable bonds is 4. The number of thioether (sulfide) groups is 1. The predicted molar refractivity (Wildman–Crippen MR) is 94.8 cm³/mol. The molecule has 0 saturated carbocycles. The van der Waals surface area contributed by atoms with Crippen LogP contribution in [0.2, 0.25) is 0 Å². The molecule has 0 radical (unpaired) electrons. The summed E-state index contributed by atoms with van der Waals surface area (Å²) in [5.74, 6) is 1.40. The number of nitrogens with zero attached hydrogens (tertiary/aromatic N) is 2. The van der Waals surface area contributed by atoms with Crippen LogP contribution >= 0.6 is 11.8 Å². The van der Waals surface area contributed by atoms with Gasteiger partial charge in [0.05, 0.1) is 6.54 Å². The number of nitrogens with one attached hydrogen (secondary N) is 1. The summed E-state index contributed by atoms with van der Waals surface area (Å²) in [4.78, 5) is 8.64. The number of hydrogen-bond donors (Lipinski definition) is 1. The molecule has 1 atom stereocenters. The summed E-state index contributed by atoms with van der Waals surface area (Å²) in [6, 6.07) is 10.8. The van der Waals surface area contributed by atoms with Crippen LogP contribution in [-0.4, -0.2) is 29.0 Å². The van der Waals surface area contributed by atoms with Gasteiger partial charge < -0.3 is 5.32 Å². The van der Waals surface area contributed by atoms with E-state index < -0.39 is 0 Å². The van der Waals surface area contributed by atoms with E-state index in [1.165, 1.54) is 22.3 Å². The molecule has 3 nitrogen and oxygen atoms in total. The third kappa shape index (κ3) is 3.33. The zero-order chi connectivity index (χ0) is 15.4. The van der Waals surface area contributed by atoms with Gasteiger partial charge in [-0.2, -0.15) is 0 Å². The Morgan fingerprint density at radius 2 is 2.00 bits per heavy atom. The van der Waals surface area contributed by atoms with Crippen molar-refractivity contribution < 1.29 is 0 Å². The second-order valence-corrected chi connectivity index (χ2v) is 6.62. The molecule has 2 heterocycles. The quantitative estimate of drug-likeness (QED) is 0.938. The summed E-state index contributed by atoms with van der Waals surface area (Å²) < 4.78 is 0. The van der Waals surface area contributed by atoms with Crippen LogP contribution in [-0.2, 0) is 0 Å². The van der Waals surface area contributed by atoms with Crippen molar-refractivity contribution >= 4 is 16.9 Å². The van der Waals surface area contributed by atoms with E-state index in [9.17, 15) is 0 Å². The summed E-state index contributed by atoms with van der Waals surface area (Å²) in [5.41, 5.74) is 5.37. The Hall–Kier alpha value is -1.81. The molecule has 1 aromatic heterocycles.